The molecule has 0 aliphatic heterocycles. The van der Waals surface area contributed by atoms with Gasteiger partial charge in [0.05, 0.1) is 10.2 Å². The van der Waals surface area contributed by atoms with Crippen molar-refractivity contribution in [2.45, 2.75) is 30.4 Å². The van der Waals surface area contributed by atoms with Crippen LogP contribution in [0.4, 0.5) is 17.1 Å². The van der Waals surface area contributed by atoms with Gasteiger partial charge in [0.1, 0.15) is 5.70 Å². The van der Waals surface area contributed by atoms with Crippen molar-refractivity contribution >= 4 is 63.5 Å². The average Bonchev–Trinajstić information content (AvgIpc) is 3.47. The molecule has 0 saturated carbocycles. The number of aryl methyl sites for hydroxylation is 1. The van der Waals surface area contributed by atoms with Crippen molar-refractivity contribution in [3.05, 3.63) is 136 Å². The van der Waals surface area contributed by atoms with Crippen LogP contribution in [0.5, 0.6) is 0 Å². The Morgan fingerprint density at radius 3 is 2.43 bits per heavy atom. The maximum absolute atomic E-state index is 13.6. The number of benzene rings is 4. The predicted octanol–water partition coefficient (Wildman–Crippen LogP) is 7.30. The van der Waals surface area contributed by atoms with Gasteiger partial charge in [-0.15, -0.1) is 11.8 Å². The third kappa shape index (κ3) is 7.69. The van der Waals surface area contributed by atoms with E-state index >= 15 is 0 Å². The molecule has 1 atom stereocenters. The smallest absolute Gasteiger partial charge is 0.272 e. The first-order chi connectivity index (χ1) is 22.2. The molecule has 46 heavy (non-hydrogen) atoms. The fourth-order valence-corrected chi connectivity index (χ4v) is 5.77. The Morgan fingerprint density at radius 1 is 0.935 bits per heavy atom. The Kier molecular flexibility index (Phi) is 9.94. The molecule has 0 aliphatic rings. The molecule has 232 valence electrons. The quantitative estimate of drug-likeness (QED) is 0.0519. The molecule has 0 saturated heterocycles. The number of aromatic nitrogens is 1. The number of thioether (sulfide) groups is 1. The number of hydrogen-bond donors (Lipinski definition) is 4. The number of nitrogens with zero attached hydrogens (tertiary/aromatic N) is 1. The minimum atomic E-state index is -0.518. The van der Waals surface area contributed by atoms with Gasteiger partial charge in [-0.1, -0.05) is 49.4 Å². The number of nitro groups is 1. The Balaban J connectivity index is 1.33. The van der Waals surface area contributed by atoms with Gasteiger partial charge in [-0.2, -0.15) is 0 Å². The number of para-hydroxylation sites is 1. The van der Waals surface area contributed by atoms with Gasteiger partial charge >= 0.3 is 0 Å². The van der Waals surface area contributed by atoms with Crippen LogP contribution in [0.25, 0.3) is 17.0 Å². The minimum Gasteiger partial charge on any atom is -0.361 e. The van der Waals surface area contributed by atoms with Crippen LogP contribution in [-0.2, 0) is 9.59 Å². The van der Waals surface area contributed by atoms with Gasteiger partial charge in [0, 0.05) is 56.6 Å². The largest absolute Gasteiger partial charge is 0.361 e. The molecule has 0 spiro atoms. The highest BCUT2D eigenvalue weighted by atomic mass is 32.2. The second kappa shape index (κ2) is 14.4. The lowest BCUT2D eigenvalue weighted by Gasteiger charge is -2.17. The van der Waals surface area contributed by atoms with E-state index in [4.69, 9.17) is 0 Å². The first-order valence-corrected chi connectivity index (χ1v) is 15.4. The molecule has 4 aromatic carbocycles. The molecule has 4 N–H and O–H groups in total. The summed E-state index contributed by atoms with van der Waals surface area (Å²) >= 11 is 1.33. The molecule has 11 heteroatoms. The van der Waals surface area contributed by atoms with Gasteiger partial charge in [0.25, 0.3) is 17.5 Å². The fourth-order valence-electron chi connectivity index (χ4n) is 4.76. The number of aromatic amines is 1. The molecule has 0 aliphatic carbocycles. The van der Waals surface area contributed by atoms with Gasteiger partial charge in [0.15, 0.2) is 0 Å². The molecule has 1 unspecified atom stereocenters. The van der Waals surface area contributed by atoms with Crippen molar-refractivity contribution < 1.29 is 19.3 Å². The maximum atomic E-state index is 13.6. The second-order valence-electron chi connectivity index (χ2n) is 10.4. The van der Waals surface area contributed by atoms with E-state index in [0.29, 0.717) is 28.9 Å². The summed E-state index contributed by atoms with van der Waals surface area (Å²) in [5, 5.41) is 20.0. The maximum Gasteiger partial charge on any atom is 0.272 e. The molecule has 0 bridgehead atoms. The summed E-state index contributed by atoms with van der Waals surface area (Å²) in [7, 11) is 0. The lowest BCUT2D eigenvalue weighted by molar-refractivity contribution is -0.384. The lowest BCUT2D eigenvalue weighted by Crippen LogP contribution is -2.30. The van der Waals surface area contributed by atoms with Crippen molar-refractivity contribution in [3.8, 4) is 0 Å². The van der Waals surface area contributed by atoms with Crippen molar-refractivity contribution in [3.63, 3.8) is 0 Å². The van der Waals surface area contributed by atoms with Crippen molar-refractivity contribution in [2.75, 3.05) is 10.6 Å². The zero-order chi connectivity index (χ0) is 32.6. The van der Waals surface area contributed by atoms with Crippen LogP contribution >= 0.6 is 11.8 Å². The van der Waals surface area contributed by atoms with E-state index in [0.717, 1.165) is 21.4 Å². The Labute approximate surface area is 269 Å². The summed E-state index contributed by atoms with van der Waals surface area (Å²) in [6.07, 6.45) is 3.92. The molecule has 1 aromatic heterocycles. The van der Waals surface area contributed by atoms with Gasteiger partial charge < -0.3 is 20.9 Å². The Morgan fingerprint density at radius 2 is 1.70 bits per heavy atom. The van der Waals surface area contributed by atoms with E-state index in [1.807, 2.05) is 37.3 Å². The predicted molar refractivity (Wildman–Crippen MR) is 182 cm³/mol. The number of anilines is 2. The van der Waals surface area contributed by atoms with Crippen LogP contribution in [0.15, 0.2) is 114 Å². The number of rotatable bonds is 11. The third-order valence-corrected chi connectivity index (χ3v) is 8.52. The number of fused-ring (bicyclic) bond motifs is 1. The highest BCUT2D eigenvalue weighted by Crippen LogP contribution is 2.30. The van der Waals surface area contributed by atoms with Gasteiger partial charge in [-0.3, -0.25) is 24.5 Å². The number of non-ortho nitro benzene ring substituents is 1. The highest BCUT2D eigenvalue weighted by molar-refractivity contribution is 8.00. The van der Waals surface area contributed by atoms with Crippen molar-refractivity contribution in [1.82, 2.24) is 10.3 Å². The monoisotopic (exact) mass is 633 g/mol. The number of nitrogens with one attached hydrogen (secondary N) is 4. The lowest BCUT2D eigenvalue weighted by atomic mass is 10.1. The number of carbonyl (C=O) groups excluding carboxylic acids is 3. The van der Waals surface area contributed by atoms with Gasteiger partial charge in [-0.25, -0.2) is 0 Å². The number of amides is 3. The molecule has 0 radical (unpaired) electrons. The van der Waals surface area contributed by atoms with Gasteiger partial charge in [-0.05, 0) is 67.4 Å². The first kappa shape index (κ1) is 31.7. The third-order valence-electron chi connectivity index (χ3n) is 7.16. The summed E-state index contributed by atoms with van der Waals surface area (Å²) in [6, 6.07) is 27.7. The number of H-pyrrole nitrogens is 1. The summed E-state index contributed by atoms with van der Waals surface area (Å²) in [6.45, 7) is 3.59. The zero-order valence-electron chi connectivity index (χ0n) is 25.1. The molecule has 3 amide bonds. The molecule has 5 aromatic rings. The number of hydrogen-bond acceptors (Lipinski definition) is 6. The molecular weight excluding hydrogens is 602 g/mol. The van der Waals surface area contributed by atoms with Crippen LogP contribution in [0.2, 0.25) is 0 Å². The molecule has 1 heterocycles. The Bertz CT molecular complexity index is 1950. The minimum absolute atomic E-state index is 0.0464. The molecular formula is C35H31N5O5S. The van der Waals surface area contributed by atoms with E-state index < -0.39 is 22.0 Å². The van der Waals surface area contributed by atoms with Crippen LogP contribution in [-0.4, -0.2) is 32.9 Å². The van der Waals surface area contributed by atoms with Crippen LogP contribution in [0.3, 0.4) is 0 Å². The fraction of sp³-hybridized carbons (Fsp3) is 0.114. The average molecular weight is 634 g/mol. The molecule has 10 nitrogen and oxygen atoms in total. The van der Waals surface area contributed by atoms with Crippen LogP contribution < -0.4 is 16.0 Å². The van der Waals surface area contributed by atoms with E-state index in [1.54, 1.807) is 67.7 Å². The summed E-state index contributed by atoms with van der Waals surface area (Å²) in [4.78, 5) is 54.4. The van der Waals surface area contributed by atoms with E-state index in [1.165, 1.54) is 30.0 Å². The normalized spacial score (nSPS) is 11.9. The summed E-state index contributed by atoms with van der Waals surface area (Å²) in [5.41, 5.74) is 3.62. The van der Waals surface area contributed by atoms with E-state index in [2.05, 4.69) is 20.9 Å². The zero-order valence-corrected chi connectivity index (χ0v) is 25.9. The summed E-state index contributed by atoms with van der Waals surface area (Å²) < 4.78 is 0. The Hall–Kier alpha value is -5.68. The highest BCUT2D eigenvalue weighted by Gasteiger charge is 2.21. The number of carbonyl (C=O) groups is 3. The van der Waals surface area contributed by atoms with Crippen LogP contribution in [0, 0.1) is 17.0 Å². The molecule has 5 rings (SSSR count). The number of nitro benzene ring substituents is 1. The SMILES string of the molecule is CCC(Sc1cccc(NC(=O)/C(=C/c2c[nH]c3ccccc23)NC(=O)c2ccccc2)c1)C(=O)Nc1ccc([N+](=O)[O-])cc1C. The topological polar surface area (TPSA) is 146 Å². The van der Waals surface area contributed by atoms with Crippen molar-refractivity contribution in [2.24, 2.45) is 0 Å². The van der Waals surface area contributed by atoms with E-state index in [9.17, 15) is 24.5 Å². The van der Waals surface area contributed by atoms with E-state index in [-0.39, 0.29) is 17.3 Å². The van der Waals surface area contributed by atoms with Crippen molar-refractivity contribution in [1.29, 1.82) is 0 Å². The second-order valence-corrected chi connectivity index (χ2v) is 11.7. The van der Waals surface area contributed by atoms with Crippen LogP contribution in [0.1, 0.15) is 34.8 Å². The molecule has 0 fully saturated rings. The summed E-state index contributed by atoms with van der Waals surface area (Å²) in [5.74, 6) is -1.19. The standard InChI is InChI=1S/C35H31N5O5S/c1-3-32(35(43)38-29-17-16-26(40(44)45)18-22(29)2)46-27-13-9-12-25(20-27)37-34(42)31(39-33(41)23-10-5-4-6-11-23)19-24-21-36-30-15-8-7-14-28(24)30/h4-21,32,36H,3H2,1-2H3,(H,37,42)(H,38,43)(H,39,41)/b31-19-. The van der Waals surface area contributed by atoms with Gasteiger partial charge in [0.2, 0.25) is 5.91 Å². The first-order valence-electron chi connectivity index (χ1n) is 14.5.